The minimum absolute atomic E-state index is 0.442. The van der Waals surface area contributed by atoms with Gasteiger partial charge in [-0.25, -0.2) is 4.98 Å². The van der Waals surface area contributed by atoms with Crippen molar-refractivity contribution in [3.63, 3.8) is 0 Å². The number of hydrogen-bond acceptors (Lipinski definition) is 2. The van der Waals surface area contributed by atoms with E-state index in [1.807, 2.05) is 11.3 Å². The Hall–Kier alpha value is -4.21. The van der Waals surface area contributed by atoms with Gasteiger partial charge in [0.15, 0.2) is 0 Å². The molecule has 7 rings (SSSR count). The fourth-order valence-corrected chi connectivity index (χ4v) is 6.91. The van der Waals surface area contributed by atoms with Gasteiger partial charge in [-0.3, -0.25) is 4.57 Å². The second kappa shape index (κ2) is 9.76. The zero-order chi connectivity index (χ0) is 27.4. The number of benzene rings is 5. The lowest BCUT2D eigenvalue weighted by Gasteiger charge is -2.13. The first-order chi connectivity index (χ1) is 19.5. The van der Waals surface area contributed by atoms with Gasteiger partial charge < -0.3 is 0 Å². The van der Waals surface area contributed by atoms with Gasteiger partial charge in [0.25, 0.3) is 0 Å². The first kappa shape index (κ1) is 24.8. The Morgan fingerprint density at radius 1 is 0.625 bits per heavy atom. The number of thiophene rings is 1. The molecule has 2 nitrogen and oxygen atoms in total. The molecule has 196 valence electrons. The van der Waals surface area contributed by atoms with Crippen molar-refractivity contribution < 1.29 is 0 Å². The van der Waals surface area contributed by atoms with Crippen molar-refractivity contribution in [1.82, 2.24) is 9.55 Å². The highest BCUT2D eigenvalue weighted by atomic mass is 32.1. The van der Waals surface area contributed by atoms with Gasteiger partial charge in [-0.2, -0.15) is 0 Å². The number of fused-ring (bicyclic) bond motifs is 4. The summed E-state index contributed by atoms with van der Waals surface area (Å²) in [7, 11) is 0. The van der Waals surface area contributed by atoms with Crippen LogP contribution < -0.4 is 0 Å². The number of hydrogen-bond donors (Lipinski definition) is 0. The van der Waals surface area contributed by atoms with Crippen LogP contribution in [0.2, 0.25) is 0 Å². The molecule has 0 spiro atoms. The summed E-state index contributed by atoms with van der Waals surface area (Å²) in [6.45, 7) is 9.12. The van der Waals surface area contributed by atoms with Gasteiger partial charge in [0.2, 0.25) is 0 Å². The van der Waals surface area contributed by atoms with E-state index in [1.165, 1.54) is 42.4 Å². The lowest BCUT2D eigenvalue weighted by molar-refractivity contribution is 0.868. The molecule has 0 radical (unpaired) electrons. The fraction of sp³-hybridized carbons (Fsp3) is 0.162. The molecule has 0 bridgehead atoms. The number of aromatic nitrogens is 2. The highest BCUT2D eigenvalue weighted by molar-refractivity contribution is 7.26. The Kier molecular flexibility index (Phi) is 6.05. The zero-order valence-electron chi connectivity index (χ0n) is 23.3. The van der Waals surface area contributed by atoms with Gasteiger partial charge in [-0.05, 0) is 88.7 Å². The van der Waals surface area contributed by atoms with Gasteiger partial charge in [0, 0.05) is 31.4 Å². The molecule has 7 aromatic rings. The lowest BCUT2D eigenvalue weighted by atomic mass is 9.93. The molecule has 0 fully saturated rings. The Morgan fingerprint density at radius 3 is 2.15 bits per heavy atom. The van der Waals surface area contributed by atoms with Crippen LogP contribution in [0.5, 0.6) is 0 Å². The maximum Gasteiger partial charge on any atom is 0.145 e. The molecule has 5 aromatic carbocycles. The predicted molar refractivity (Wildman–Crippen MR) is 173 cm³/mol. The van der Waals surface area contributed by atoms with Crippen LogP contribution in [0, 0.1) is 0 Å². The monoisotopic (exact) mass is 536 g/mol. The molecule has 0 saturated carbocycles. The topological polar surface area (TPSA) is 17.8 Å². The van der Waals surface area contributed by atoms with Crippen molar-refractivity contribution in [3.8, 4) is 28.2 Å². The molecule has 0 saturated heterocycles. The standard InChI is InChI=1S/C37H32N2S/c1-23(2)25-17-18-35-31(20-25)32-22-28(24(3)4)21-30(36(32)40-35)26-11-10-12-27(19-26)37-38-33-15-8-9-16-34(33)39(37)29-13-6-5-7-14-29/h5-24H,1-4H3. The smallest absolute Gasteiger partial charge is 0.145 e. The van der Waals surface area contributed by atoms with E-state index in [0.29, 0.717) is 11.8 Å². The third-order valence-corrected chi connectivity index (χ3v) is 9.18. The molecular formula is C37H32N2S. The van der Waals surface area contributed by atoms with E-state index >= 15 is 0 Å². The number of para-hydroxylation sites is 3. The average molecular weight is 537 g/mol. The Balaban J connectivity index is 1.47. The second-order valence-electron chi connectivity index (χ2n) is 11.3. The van der Waals surface area contributed by atoms with Crippen molar-refractivity contribution in [2.24, 2.45) is 0 Å². The van der Waals surface area contributed by atoms with Crippen LogP contribution in [0.1, 0.15) is 50.7 Å². The van der Waals surface area contributed by atoms with E-state index in [9.17, 15) is 0 Å². The van der Waals surface area contributed by atoms with Gasteiger partial charge in [0.1, 0.15) is 5.82 Å². The fourth-order valence-electron chi connectivity index (χ4n) is 5.71. The number of nitrogens with zero attached hydrogens (tertiary/aromatic N) is 2. The molecule has 0 atom stereocenters. The van der Waals surface area contributed by atoms with Gasteiger partial charge >= 0.3 is 0 Å². The molecule has 0 amide bonds. The first-order valence-electron chi connectivity index (χ1n) is 14.1. The van der Waals surface area contributed by atoms with Crippen LogP contribution in [0.15, 0.2) is 109 Å². The maximum absolute atomic E-state index is 5.13. The molecule has 0 aliphatic rings. The third kappa shape index (κ3) is 4.13. The summed E-state index contributed by atoms with van der Waals surface area (Å²) in [5, 5.41) is 2.74. The van der Waals surface area contributed by atoms with Crippen LogP contribution in [-0.4, -0.2) is 9.55 Å². The first-order valence-corrected chi connectivity index (χ1v) is 14.9. The summed E-state index contributed by atoms with van der Waals surface area (Å²) in [6, 6.07) is 39.7. The Morgan fingerprint density at radius 2 is 1.35 bits per heavy atom. The predicted octanol–water partition coefficient (Wildman–Crippen LogP) is 11.0. The number of rotatable bonds is 5. The second-order valence-corrected chi connectivity index (χ2v) is 12.3. The largest absolute Gasteiger partial charge is 0.292 e. The highest BCUT2D eigenvalue weighted by Gasteiger charge is 2.18. The highest BCUT2D eigenvalue weighted by Crippen LogP contribution is 2.43. The zero-order valence-corrected chi connectivity index (χ0v) is 24.2. The summed E-state index contributed by atoms with van der Waals surface area (Å²) >= 11 is 1.91. The van der Waals surface area contributed by atoms with E-state index in [1.54, 1.807) is 0 Å². The molecule has 0 aliphatic carbocycles. The lowest BCUT2D eigenvalue weighted by Crippen LogP contribution is -1.97. The summed E-state index contributed by atoms with van der Waals surface area (Å²) in [5.74, 6) is 1.91. The maximum atomic E-state index is 5.13. The minimum atomic E-state index is 0.442. The van der Waals surface area contributed by atoms with Crippen molar-refractivity contribution in [1.29, 1.82) is 0 Å². The number of imidazole rings is 1. The molecule has 0 N–H and O–H groups in total. The molecule has 2 aromatic heterocycles. The van der Waals surface area contributed by atoms with Crippen molar-refractivity contribution in [3.05, 3.63) is 120 Å². The van der Waals surface area contributed by atoms with Crippen LogP contribution >= 0.6 is 11.3 Å². The summed E-state index contributed by atoms with van der Waals surface area (Å²) in [4.78, 5) is 5.13. The van der Waals surface area contributed by atoms with E-state index < -0.39 is 0 Å². The molecule has 2 heterocycles. The Bertz CT molecular complexity index is 2010. The molecular weight excluding hydrogens is 504 g/mol. The average Bonchev–Trinajstić information content (AvgIpc) is 3.55. The minimum Gasteiger partial charge on any atom is -0.292 e. The van der Waals surface area contributed by atoms with Crippen LogP contribution in [0.4, 0.5) is 0 Å². The van der Waals surface area contributed by atoms with E-state index in [-0.39, 0.29) is 0 Å². The van der Waals surface area contributed by atoms with E-state index in [2.05, 4.69) is 141 Å². The quantitative estimate of drug-likeness (QED) is 0.214. The van der Waals surface area contributed by atoms with Gasteiger partial charge in [-0.1, -0.05) is 82.3 Å². The normalized spacial score (nSPS) is 11.9. The summed E-state index contributed by atoms with van der Waals surface area (Å²) in [5.41, 5.74) is 9.65. The van der Waals surface area contributed by atoms with E-state index in [4.69, 9.17) is 4.98 Å². The van der Waals surface area contributed by atoms with Crippen molar-refractivity contribution in [2.45, 2.75) is 39.5 Å². The van der Waals surface area contributed by atoms with Crippen LogP contribution in [-0.2, 0) is 0 Å². The van der Waals surface area contributed by atoms with Gasteiger partial charge in [0.05, 0.1) is 11.0 Å². The third-order valence-electron chi connectivity index (χ3n) is 7.96. The van der Waals surface area contributed by atoms with Crippen LogP contribution in [0.25, 0.3) is 59.4 Å². The van der Waals surface area contributed by atoms with Crippen LogP contribution in [0.3, 0.4) is 0 Å². The molecule has 40 heavy (non-hydrogen) atoms. The Labute approximate surface area is 239 Å². The summed E-state index contributed by atoms with van der Waals surface area (Å²) < 4.78 is 4.99. The molecule has 3 heteroatoms. The van der Waals surface area contributed by atoms with E-state index in [0.717, 1.165) is 28.1 Å². The SMILES string of the molecule is CC(C)c1ccc2sc3c(-c4cccc(-c5nc6ccccc6n5-c5ccccc5)c4)cc(C(C)C)cc3c2c1. The molecule has 0 aliphatic heterocycles. The molecule has 0 unspecified atom stereocenters. The van der Waals surface area contributed by atoms with Crippen molar-refractivity contribution in [2.75, 3.05) is 0 Å². The summed E-state index contributed by atoms with van der Waals surface area (Å²) in [6.07, 6.45) is 0. The van der Waals surface area contributed by atoms with Crippen molar-refractivity contribution >= 4 is 42.5 Å². The van der Waals surface area contributed by atoms with Gasteiger partial charge in [-0.15, -0.1) is 11.3 Å².